The van der Waals surface area contributed by atoms with Crippen LogP contribution in [-0.4, -0.2) is 17.5 Å². The molecule has 1 aromatic heterocycles. The van der Waals surface area contributed by atoms with Crippen molar-refractivity contribution in [2.75, 3.05) is 11.9 Å². The van der Waals surface area contributed by atoms with Crippen LogP contribution in [0.3, 0.4) is 0 Å². The van der Waals surface area contributed by atoms with Crippen molar-refractivity contribution in [3.63, 3.8) is 0 Å². The molecule has 1 amide bonds. The lowest BCUT2D eigenvalue weighted by Gasteiger charge is -2.07. The van der Waals surface area contributed by atoms with Gasteiger partial charge < -0.3 is 10.1 Å². The maximum Gasteiger partial charge on any atom is 0.255 e. The quantitative estimate of drug-likeness (QED) is 0.666. The summed E-state index contributed by atoms with van der Waals surface area (Å²) in [6.45, 7) is 2.83. The van der Waals surface area contributed by atoms with Crippen LogP contribution in [0.2, 0.25) is 0 Å². The molecule has 4 nitrogen and oxygen atoms in total. The topological polar surface area (TPSA) is 51.2 Å². The van der Waals surface area contributed by atoms with Crippen molar-refractivity contribution in [3.05, 3.63) is 53.5 Å². The van der Waals surface area contributed by atoms with Crippen LogP contribution in [0.4, 0.5) is 5.69 Å². The maximum atomic E-state index is 12.3. The van der Waals surface area contributed by atoms with Gasteiger partial charge >= 0.3 is 0 Å². The number of nitrogens with one attached hydrogen (secondary N) is 1. The number of hydrogen-bond donors (Lipinski definition) is 1. The Hall–Kier alpha value is -2.40. The molecule has 1 heterocycles. The summed E-state index contributed by atoms with van der Waals surface area (Å²) >= 11 is 1.58. The normalized spacial score (nSPS) is 10.7. The van der Waals surface area contributed by atoms with Crippen LogP contribution in [0.15, 0.2) is 48.0 Å². The highest BCUT2D eigenvalue weighted by Crippen LogP contribution is 2.22. The highest BCUT2D eigenvalue weighted by Gasteiger charge is 2.07. The number of carbonyl (C=O) groups is 1. The number of anilines is 1. The van der Waals surface area contributed by atoms with E-state index in [-0.39, 0.29) is 5.91 Å². The number of rotatable bonds is 6. The molecule has 3 rings (SSSR count). The number of unbranched alkanes of at least 4 members (excludes halogenated alkanes) is 1. The molecule has 23 heavy (non-hydrogen) atoms. The van der Waals surface area contributed by atoms with E-state index < -0.39 is 0 Å². The summed E-state index contributed by atoms with van der Waals surface area (Å²) in [4.78, 5) is 16.5. The molecule has 0 spiro atoms. The Balaban J connectivity index is 1.65. The van der Waals surface area contributed by atoms with Crippen LogP contribution < -0.4 is 10.1 Å². The van der Waals surface area contributed by atoms with E-state index in [0.717, 1.165) is 34.5 Å². The second kappa shape index (κ2) is 7.24. The first kappa shape index (κ1) is 15.5. The van der Waals surface area contributed by atoms with Gasteiger partial charge in [-0.25, -0.2) is 4.98 Å². The van der Waals surface area contributed by atoms with Gasteiger partial charge in [-0.1, -0.05) is 13.3 Å². The Morgan fingerprint density at radius 2 is 2.04 bits per heavy atom. The first-order valence-electron chi connectivity index (χ1n) is 7.64. The fourth-order valence-corrected chi connectivity index (χ4v) is 2.83. The minimum Gasteiger partial charge on any atom is -0.494 e. The third-order valence-electron chi connectivity index (χ3n) is 3.47. The molecular formula is C18H18N2O2S. The van der Waals surface area contributed by atoms with Crippen LogP contribution in [0, 0.1) is 0 Å². The zero-order chi connectivity index (χ0) is 16.1. The van der Waals surface area contributed by atoms with Crippen LogP contribution >= 0.6 is 11.3 Å². The minimum absolute atomic E-state index is 0.139. The number of thiazole rings is 1. The van der Waals surface area contributed by atoms with Crippen LogP contribution in [-0.2, 0) is 0 Å². The van der Waals surface area contributed by atoms with Gasteiger partial charge in [0.2, 0.25) is 0 Å². The second-order valence-corrected chi connectivity index (χ2v) is 6.10. The van der Waals surface area contributed by atoms with Gasteiger partial charge in [0, 0.05) is 11.3 Å². The fourth-order valence-electron chi connectivity index (χ4n) is 2.18. The average molecular weight is 326 g/mol. The van der Waals surface area contributed by atoms with E-state index in [4.69, 9.17) is 4.74 Å². The van der Waals surface area contributed by atoms with Crippen molar-refractivity contribution in [3.8, 4) is 5.75 Å². The number of fused-ring (bicyclic) bond motifs is 1. The van der Waals surface area contributed by atoms with Gasteiger partial charge in [-0.2, -0.15) is 0 Å². The number of carbonyl (C=O) groups excluding carboxylic acids is 1. The number of ether oxygens (including phenoxy) is 1. The molecule has 5 heteroatoms. The predicted octanol–water partition coefficient (Wildman–Crippen LogP) is 4.73. The van der Waals surface area contributed by atoms with Crippen molar-refractivity contribution in [2.45, 2.75) is 19.8 Å². The third kappa shape index (κ3) is 3.87. The number of benzene rings is 2. The van der Waals surface area contributed by atoms with Gasteiger partial charge in [-0.05, 0) is 48.9 Å². The molecule has 1 N–H and O–H groups in total. The summed E-state index contributed by atoms with van der Waals surface area (Å²) in [5.74, 6) is 0.651. The maximum absolute atomic E-state index is 12.3. The zero-order valence-corrected chi connectivity index (χ0v) is 13.7. The highest BCUT2D eigenvalue weighted by molar-refractivity contribution is 7.16. The molecule has 0 aliphatic carbocycles. The first-order chi connectivity index (χ1) is 11.3. The number of amides is 1. The van der Waals surface area contributed by atoms with Gasteiger partial charge in [0.05, 0.1) is 22.3 Å². The molecule has 0 aliphatic heterocycles. The molecule has 0 saturated carbocycles. The predicted molar refractivity (Wildman–Crippen MR) is 94.4 cm³/mol. The molecule has 0 aliphatic rings. The second-order valence-electron chi connectivity index (χ2n) is 5.22. The van der Waals surface area contributed by atoms with Crippen molar-refractivity contribution in [1.29, 1.82) is 0 Å². The smallest absolute Gasteiger partial charge is 0.255 e. The lowest BCUT2D eigenvalue weighted by Crippen LogP contribution is -2.11. The van der Waals surface area contributed by atoms with Crippen molar-refractivity contribution in [1.82, 2.24) is 4.98 Å². The fraction of sp³-hybridized carbons (Fsp3) is 0.222. The molecule has 0 radical (unpaired) electrons. The van der Waals surface area contributed by atoms with E-state index >= 15 is 0 Å². The Morgan fingerprint density at radius 3 is 2.83 bits per heavy atom. The first-order valence-corrected chi connectivity index (χ1v) is 8.51. The third-order valence-corrected chi connectivity index (χ3v) is 4.28. The summed E-state index contributed by atoms with van der Waals surface area (Å²) in [5, 5.41) is 2.90. The van der Waals surface area contributed by atoms with Crippen molar-refractivity contribution in [2.24, 2.45) is 0 Å². The van der Waals surface area contributed by atoms with Gasteiger partial charge in [-0.15, -0.1) is 11.3 Å². The summed E-state index contributed by atoms with van der Waals surface area (Å²) in [7, 11) is 0. The zero-order valence-electron chi connectivity index (χ0n) is 12.9. The van der Waals surface area contributed by atoms with Gasteiger partial charge in [0.25, 0.3) is 5.91 Å². The van der Waals surface area contributed by atoms with Crippen LogP contribution in [0.5, 0.6) is 5.75 Å². The Morgan fingerprint density at radius 1 is 1.22 bits per heavy atom. The van der Waals surface area contributed by atoms with Crippen LogP contribution in [0.25, 0.3) is 10.2 Å². The summed E-state index contributed by atoms with van der Waals surface area (Å²) in [6, 6.07) is 12.9. The standard InChI is InChI=1S/C18H18N2O2S/c1-2-3-10-22-15-7-4-13(5-8-15)18(21)20-14-6-9-17-16(11-14)19-12-23-17/h4-9,11-12H,2-3,10H2,1H3,(H,20,21). The lowest BCUT2D eigenvalue weighted by molar-refractivity contribution is 0.102. The highest BCUT2D eigenvalue weighted by atomic mass is 32.1. The van der Waals surface area contributed by atoms with E-state index in [1.807, 2.05) is 30.3 Å². The molecule has 2 aromatic carbocycles. The SMILES string of the molecule is CCCCOc1ccc(C(=O)Nc2ccc3scnc3c2)cc1. The Labute approximate surface area is 139 Å². The molecular weight excluding hydrogens is 308 g/mol. The number of hydrogen-bond acceptors (Lipinski definition) is 4. The largest absolute Gasteiger partial charge is 0.494 e. The monoisotopic (exact) mass is 326 g/mol. The van der Waals surface area contributed by atoms with E-state index in [2.05, 4.69) is 17.2 Å². The van der Waals surface area contributed by atoms with E-state index in [1.165, 1.54) is 0 Å². The van der Waals surface area contributed by atoms with Crippen molar-refractivity contribution >= 4 is 33.1 Å². The molecule has 0 fully saturated rings. The van der Waals surface area contributed by atoms with E-state index in [9.17, 15) is 4.79 Å². The Kier molecular flexibility index (Phi) is 4.88. The van der Waals surface area contributed by atoms with Crippen LogP contribution in [0.1, 0.15) is 30.1 Å². The molecule has 0 atom stereocenters. The summed E-state index contributed by atoms with van der Waals surface area (Å²) < 4.78 is 6.71. The van der Waals surface area contributed by atoms with E-state index in [0.29, 0.717) is 12.2 Å². The minimum atomic E-state index is -0.139. The number of nitrogens with zero attached hydrogens (tertiary/aromatic N) is 1. The van der Waals surface area contributed by atoms with Gasteiger partial charge in [0.15, 0.2) is 0 Å². The molecule has 0 unspecified atom stereocenters. The van der Waals surface area contributed by atoms with Gasteiger partial charge in [0.1, 0.15) is 5.75 Å². The lowest BCUT2D eigenvalue weighted by atomic mass is 10.2. The summed E-state index contributed by atoms with van der Waals surface area (Å²) in [6.07, 6.45) is 2.13. The molecule has 3 aromatic rings. The Bertz CT molecular complexity index is 796. The molecule has 0 bridgehead atoms. The van der Waals surface area contributed by atoms with Crippen molar-refractivity contribution < 1.29 is 9.53 Å². The summed E-state index contributed by atoms with van der Waals surface area (Å²) in [5.41, 5.74) is 4.04. The average Bonchev–Trinajstić information content (AvgIpc) is 3.03. The van der Waals surface area contributed by atoms with Gasteiger partial charge in [-0.3, -0.25) is 4.79 Å². The molecule has 118 valence electrons. The number of aromatic nitrogens is 1. The molecule has 0 saturated heterocycles. The van der Waals surface area contributed by atoms with E-state index in [1.54, 1.807) is 29.0 Å².